The third-order valence-electron chi connectivity index (χ3n) is 2.62. The van der Waals surface area contributed by atoms with Crippen molar-refractivity contribution in [3.8, 4) is 0 Å². The van der Waals surface area contributed by atoms with Gasteiger partial charge in [0, 0.05) is 18.9 Å². The van der Waals surface area contributed by atoms with Crippen LogP contribution in [-0.2, 0) is 0 Å². The lowest BCUT2D eigenvalue weighted by molar-refractivity contribution is 0.660. The average molecular weight is 147 g/mol. The van der Waals surface area contributed by atoms with E-state index in [1.165, 1.54) is 25.7 Å². The van der Waals surface area contributed by atoms with Crippen LogP contribution in [0.2, 0.25) is 0 Å². The van der Waals surface area contributed by atoms with Crippen LogP contribution in [0.25, 0.3) is 0 Å². The Labute approximate surface area is 69.0 Å². The fraction of sp³-hybridized carbons (Fsp3) is 0.545. The monoisotopic (exact) mass is 147 g/mol. The van der Waals surface area contributed by atoms with Crippen LogP contribution < -0.4 is 0 Å². The molecule has 0 N–H and O–H groups in total. The highest BCUT2D eigenvalue weighted by Gasteiger charge is 2.24. The molecule has 0 amide bonds. The predicted octanol–water partition coefficient (Wildman–Crippen LogP) is 3.27. The molecule has 0 nitrogen and oxygen atoms in total. The normalized spacial score (nSPS) is 29.7. The molecule has 0 saturated heterocycles. The Morgan fingerprint density at radius 1 is 1.36 bits per heavy atom. The molecule has 2 aliphatic rings. The quantitative estimate of drug-likeness (QED) is 0.461. The van der Waals surface area contributed by atoms with Crippen LogP contribution >= 0.6 is 0 Å². The molecule has 0 heterocycles. The first-order valence-corrected chi connectivity index (χ1v) is 4.61. The highest BCUT2D eigenvalue weighted by molar-refractivity contribution is 5.37. The van der Waals surface area contributed by atoms with Gasteiger partial charge in [0.05, 0.1) is 17.9 Å². The lowest BCUT2D eigenvalue weighted by atomic mass is 9.82. The third-order valence-corrected chi connectivity index (χ3v) is 2.62. The molecule has 0 unspecified atom stereocenters. The summed E-state index contributed by atoms with van der Waals surface area (Å²) in [6, 6.07) is 0. The highest BCUT2D eigenvalue weighted by Crippen LogP contribution is 2.32. The van der Waals surface area contributed by atoms with E-state index in [2.05, 4.69) is 25.5 Å². The SMILES string of the molecule is C[C@@H]1C=CC2=C([CH+]1)CCCC2. The average Bonchev–Trinajstić information content (AvgIpc) is 2.04. The number of hydrogen-bond donors (Lipinski definition) is 0. The number of allylic oxidation sites excluding steroid dienone is 4. The van der Waals surface area contributed by atoms with Crippen LogP contribution in [0.4, 0.5) is 0 Å². The fourth-order valence-corrected chi connectivity index (χ4v) is 1.97. The van der Waals surface area contributed by atoms with Gasteiger partial charge in [0.1, 0.15) is 5.57 Å². The molecule has 0 saturated carbocycles. The van der Waals surface area contributed by atoms with Crippen LogP contribution in [0.1, 0.15) is 32.6 Å². The fourth-order valence-electron chi connectivity index (χ4n) is 1.97. The smallest absolute Gasteiger partial charge is 0.0436 e. The molecule has 2 rings (SSSR count). The summed E-state index contributed by atoms with van der Waals surface area (Å²) in [5.74, 6) is 0.673. The molecule has 11 heavy (non-hydrogen) atoms. The lowest BCUT2D eigenvalue weighted by Crippen LogP contribution is -2.07. The van der Waals surface area contributed by atoms with Crippen LogP contribution in [-0.4, -0.2) is 0 Å². The summed E-state index contributed by atoms with van der Waals surface area (Å²) in [6.45, 7) is 2.26. The van der Waals surface area contributed by atoms with Gasteiger partial charge in [-0.05, 0) is 25.8 Å². The minimum absolute atomic E-state index is 0.673. The van der Waals surface area contributed by atoms with Gasteiger partial charge in [-0.2, -0.15) is 0 Å². The van der Waals surface area contributed by atoms with Crippen molar-refractivity contribution in [1.29, 1.82) is 0 Å². The first-order valence-electron chi connectivity index (χ1n) is 4.61. The second-order valence-electron chi connectivity index (χ2n) is 3.64. The third kappa shape index (κ3) is 1.35. The van der Waals surface area contributed by atoms with Gasteiger partial charge in [0.25, 0.3) is 0 Å². The highest BCUT2D eigenvalue weighted by atomic mass is 14.2. The first kappa shape index (κ1) is 7.02. The maximum atomic E-state index is 2.43. The van der Waals surface area contributed by atoms with Crippen LogP contribution in [0.15, 0.2) is 23.3 Å². The van der Waals surface area contributed by atoms with E-state index in [4.69, 9.17) is 0 Å². The largest absolute Gasteiger partial charge is 0.110 e. The van der Waals surface area contributed by atoms with Gasteiger partial charge < -0.3 is 0 Å². The molecule has 0 aromatic rings. The van der Waals surface area contributed by atoms with Crippen molar-refractivity contribution in [3.05, 3.63) is 29.7 Å². The standard InChI is InChI=1S/C11H15/c1-9-6-7-10-4-2-3-5-11(10)8-9/h6-9H,2-5H2,1H3/q+1/t9-/m1/s1. The molecule has 0 aliphatic heterocycles. The Balaban J connectivity index is 2.20. The molecular formula is C11H15+. The van der Waals surface area contributed by atoms with E-state index in [1.54, 1.807) is 11.1 Å². The van der Waals surface area contributed by atoms with Crippen molar-refractivity contribution in [2.75, 3.05) is 0 Å². The van der Waals surface area contributed by atoms with Gasteiger partial charge in [-0.25, -0.2) is 0 Å². The van der Waals surface area contributed by atoms with Gasteiger partial charge in [-0.3, -0.25) is 0 Å². The Morgan fingerprint density at radius 3 is 3.09 bits per heavy atom. The van der Waals surface area contributed by atoms with Crippen molar-refractivity contribution in [1.82, 2.24) is 0 Å². The van der Waals surface area contributed by atoms with E-state index in [1.807, 2.05) is 0 Å². The van der Waals surface area contributed by atoms with E-state index in [0.717, 1.165) is 0 Å². The molecule has 0 bridgehead atoms. The summed E-state index contributed by atoms with van der Waals surface area (Å²) in [5, 5.41) is 0. The van der Waals surface area contributed by atoms with Crippen LogP contribution in [0.3, 0.4) is 0 Å². The minimum atomic E-state index is 0.673. The van der Waals surface area contributed by atoms with E-state index >= 15 is 0 Å². The number of rotatable bonds is 0. The topological polar surface area (TPSA) is 0 Å². The molecule has 0 aromatic carbocycles. The predicted molar refractivity (Wildman–Crippen MR) is 48.1 cm³/mol. The van der Waals surface area contributed by atoms with Gasteiger partial charge >= 0.3 is 0 Å². The Bertz CT molecular complexity index is 208. The van der Waals surface area contributed by atoms with Crippen LogP contribution in [0, 0.1) is 12.3 Å². The van der Waals surface area contributed by atoms with Crippen LogP contribution in [0.5, 0.6) is 0 Å². The van der Waals surface area contributed by atoms with E-state index < -0.39 is 0 Å². The zero-order chi connectivity index (χ0) is 7.68. The van der Waals surface area contributed by atoms with Crippen molar-refractivity contribution in [2.24, 2.45) is 5.92 Å². The molecule has 0 fully saturated rings. The van der Waals surface area contributed by atoms with E-state index in [9.17, 15) is 0 Å². The molecule has 0 spiro atoms. The van der Waals surface area contributed by atoms with Gasteiger partial charge in [-0.15, -0.1) is 0 Å². The van der Waals surface area contributed by atoms with E-state index in [-0.39, 0.29) is 0 Å². The van der Waals surface area contributed by atoms with E-state index in [0.29, 0.717) is 5.92 Å². The second kappa shape index (κ2) is 2.77. The first-order chi connectivity index (χ1) is 5.36. The van der Waals surface area contributed by atoms with Crippen molar-refractivity contribution >= 4 is 0 Å². The number of hydrogen-bond acceptors (Lipinski definition) is 0. The zero-order valence-electron chi connectivity index (χ0n) is 7.14. The molecule has 2 aliphatic carbocycles. The van der Waals surface area contributed by atoms with Gasteiger partial charge in [0.15, 0.2) is 0 Å². The van der Waals surface area contributed by atoms with Gasteiger partial charge in [-0.1, -0.05) is 0 Å². The summed E-state index contributed by atoms with van der Waals surface area (Å²) < 4.78 is 0. The molecular weight excluding hydrogens is 132 g/mol. The zero-order valence-corrected chi connectivity index (χ0v) is 7.14. The molecule has 1 atom stereocenters. The lowest BCUT2D eigenvalue weighted by Gasteiger charge is -2.15. The minimum Gasteiger partial charge on any atom is -0.0436 e. The summed E-state index contributed by atoms with van der Waals surface area (Å²) in [6.07, 6.45) is 12.5. The Morgan fingerprint density at radius 2 is 2.18 bits per heavy atom. The summed E-state index contributed by atoms with van der Waals surface area (Å²) in [7, 11) is 0. The Hall–Kier alpha value is -0.650. The van der Waals surface area contributed by atoms with Crippen molar-refractivity contribution < 1.29 is 0 Å². The Kier molecular flexibility index (Phi) is 1.77. The summed E-state index contributed by atoms with van der Waals surface area (Å²) in [5.41, 5.74) is 3.24. The summed E-state index contributed by atoms with van der Waals surface area (Å²) >= 11 is 0. The molecule has 0 heteroatoms. The molecule has 58 valence electrons. The molecule has 0 radical (unpaired) electrons. The second-order valence-corrected chi connectivity index (χ2v) is 3.64. The van der Waals surface area contributed by atoms with Crippen molar-refractivity contribution in [2.45, 2.75) is 32.6 Å². The molecule has 0 aromatic heterocycles. The van der Waals surface area contributed by atoms with Gasteiger partial charge in [0.2, 0.25) is 0 Å². The summed E-state index contributed by atoms with van der Waals surface area (Å²) in [4.78, 5) is 0. The maximum absolute atomic E-state index is 2.43. The maximum Gasteiger partial charge on any atom is 0.110 e. The van der Waals surface area contributed by atoms with Crippen molar-refractivity contribution in [3.63, 3.8) is 0 Å².